The SMILES string of the molecule is CC1=[C-]CC(C)=C1.CC1=[C-]CC(C)=C1.CC1=[C-]CC(C)=C1.CC1=[C-]CC(C)=C1.CC[SiH]CC.CC[SiH]CC.[Cl-].[Cl-].[Hf].[Hf]. The topological polar surface area (TPSA) is 0 Å². The Bertz CT molecular complexity index is 759. The van der Waals surface area contributed by atoms with Crippen LogP contribution in [-0.2, 0) is 51.7 Å². The van der Waals surface area contributed by atoms with E-state index in [2.05, 4.69) is 132 Å². The maximum atomic E-state index is 3.19. The van der Waals surface area contributed by atoms with Crippen molar-refractivity contribution in [3.8, 4) is 0 Å². The van der Waals surface area contributed by atoms with Crippen molar-refractivity contribution in [2.45, 2.75) is 133 Å². The zero-order chi connectivity index (χ0) is 29.3. The molecular formula is C36H58Cl2Hf2Si2-6. The molecule has 0 heterocycles. The van der Waals surface area contributed by atoms with E-state index in [0.29, 0.717) is 0 Å². The third kappa shape index (κ3) is 38.7. The van der Waals surface area contributed by atoms with Gasteiger partial charge in [0, 0.05) is 70.7 Å². The van der Waals surface area contributed by atoms with E-state index in [9.17, 15) is 0 Å². The van der Waals surface area contributed by atoms with Gasteiger partial charge in [-0.15, -0.1) is 25.7 Å². The summed E-state index contributed by atoms with van der Waals surface area (Å²) in [7, 11) is 1.63. The van der Waals surface area contributed by atoms with Crippen LogP contribution in [0.1, 0.15) is 109 Å². The Kier molecular flexibility index (Phi) is 49.7. The molecule has 42 heavy (non-hydrogen) atoms. The number of rotatable bonds is 4. The minimum absolute atomic E-state index is 0. The zero-order valence-corrected chi connectivity index (χ0v) is 39.9. The Labute approximate surface area is 318 Å². The van der Waals surface area contributed by atoms with Crippen molar-refractivity contribution in [3.63, 3.8) is 0 Å². The molecule has 0 saturated heterocycles. The number of halogens is 2. The molecule has 0 aromatic carbocycles. The van der Waals surface area contributed by atoms with Gasteiger partial charge in [-0.25, -0.2) is 46.6 Å². The first-order valence-corrected chi connectivity index (χ1v) is 17.9. The van der Waals surface area contributed by atoms with Gasteiger partial charge < -0.3 is 24.8 Å². The molecule has 0 fully saturated rings. The van der Waals surface area contributed by atoms with E-state index in [1.807, 2.05) is 0 Å². The minimum Gasteiger partial charge on any atom is -1.00 e. The molecule has 0 unspecified atom stereocenters. The van der Waals surface area contributed by atoms with Gasteiger partial charge in [-0.2, -0.15) is 22.3 Å². The van der Waals surface area contributed by atoms with Crippen LogP contribution in [0.5, 0.6) is 0 Å². The van der Waals surface area contributed by atoms with Crippen molar-refractivity contribution in [2.75, 3.05) is 0 Å². The second-order valence-electron chi connectivity index (χ2n) is 10.3. The van der Waals surface area contributed by atoms with E-state index in [4.69, 9.17) is 0 Å². The normalized spacial score (nSPS) is 14.8. The molecule has 0 atom stereocenters. The number of hydrogen-bond acceptors (Lipinski definition) is 0. The van der Waals surface area contributed by atoms with Crippen molar-refractivity contribution in [1.29, 1.82) is 0 Å². The molecule has 4 aliphatic rings. The van der Waals surface area contributed by atoms with E-state index in [1.165, 1.54) is 68.8 Å². The largest absolute Gasteiger partial charge is 1.00 e. The monoisotopic (exact) mass is 976 g/mol. The van der Waals surface area contributed by atoms with Gasteiger partial charge in [-0.05, 0) is 0 Å². The third-order valence-corrected chi connectivity index (χ3v) is 7.90. The van der Waals surface area contributed by atoms with Gasteiger partial charge in [0.1, 0.15) is 0 Å². The molecule has 0 amide bonds. The third-order valence-electron chi connectivity index (χ3n) is 5.59. The Balaban J connectivity index is -0.0000000915. The van der Waals surface area contributed by atoms with E-state index in [1.54, 1.807) is 0 Å². The van der Waals surface area contributed by atoms with Crippen LogP contribution < -0.4 is 24.8 Å². The summed E-state index contributed by atoms with van der Waals surface area (Å²) in [6.07, 6.45) is 25.6. The van der Waals surface area contributed by atoms with Crippen LogP contribution in [0.15, 0.2) is 68.9 Å². The molecule has 0 aromatic heterocycles. The van der Waals surface area contributed by atoms with E-state index in [-0.39, 0.29) is 76.5 Å². The van der Waals surface area contributed by atoms with Crippen LogP contribution in [-0.4, -0.2) is 19.0 Å². The molecule has 0 aromatic rings. The molecule has 0 N–H and O–H groups in total. The fourth-order valence-corrected chi connectivity index (χ4v) is 4.73. The standard InChI is InChI=1S/4C7H9.2C4H11Si.2ClH.2Hf/c4*1-6-3-4-7(2)5-6;2*1-3-5-4-2;;;;/h4*5H,3H2,1-2H3;2*5H,3-4H2,1-2H3;2*1H;;/q4*-1;;;;;;/p-2. The summed E-state index contributed by atoms with van der Waals surface area (Å²) in [6, 6.07) is 5.71. The van der Waals surface area contributed by atoms with Crippen LogP contribution in [0.3, 0.4) is 0 Å². The Morgan fingerprint density at radius 2 is 0.595 bits per heavy atom. The molecule has 6 heteroatoms. The molecule has 0 aliphatic heterocycles. The quantitative estimate of drug-likeness (QED) is 0.277. The van der Waals surface area contributed by atoms with Gasteiger partial charge >= 0.3 is 0 Å². The zero-order valence-electron chi connectivity index (χ0n) is 28.9. The predicted molar refractivity (Wildman–Crippen MR) is 179 cm³/mol. The summed E-state index contributed by atoms with van der Waals surface area (Å²) in [5.41, 5.74) is 10.9. The smallest absolute Gasteiger partial charge is 0.0274 e. The summed E-state index contributed by atoms with van der Waals surface area (Å²) in [4.78, 5) is 0. The van der Waals surface area contributed by atoms with Crippen molar-refractivity contribution < 1.29 is 76.5 Å². The minimum atomic E-state index is 0. The molecule has 0 saturated carbocycles. The van der Waals surface area contributed by atoms with Gasteiger partial charge in [-0.1, -0.05) is 107 Å². The fraction of sp³-hybridized carbons (Fsp3) is 0.556. The van der Waals surface area contributed by atoms with Gasteiger partial charge in [-0.3, -0.25) is 24.3 Å². The summed E-state index contributed by atoms with van der Waals surface area (Å²) in [6.45, 7) is 25.8. The molecule has 0 spiro atoms. The first kappa shape index (κ1) is 55.1. The van der Waals surface area contributed by atoms with E-state index < -0.39 is 0 Å². The maximum Gasteiger partial charge on any atom is 0.0274 e. The van der Waals surface area contributed by atoms with Gasteiger partial charge in [0.05, 0.1) is 0 Å². The number of allylic oxidation sites excluding steroid dienone is 16. The second-order valence-corrected chi connectivity index (χ2v) is 14.7. The number of hydrogen-bond donors (Lipinski definition) is 0. The molecule has 0 nitrogen and oxygen atoms in total. The van der Waals surface area contributed by atoms with Crippen LogP contribution in [0.4, 0.5) is 0 Å². The first-order chi connectivity index (χ1) is 18.0. The molecule has 238 valence electrons. The van der Waals surface area contributed by atoms with Crippen molar-refractivity contribution >= 4 is 19.0 Å². The van der Waals surface area contributed by atoms with Crippen LogP contribution in [0.25, 0.3) is 0 Å². The molecular weight excluding hydrogens is 916 g/mol. The maximum absolute atomic E-state index is 3.19. The summed E-state index contributed by atoms with van der Waals surface area (Å²) in [5.74, 6) is 0. The average molecular weight is 975 g/mol. The van der Waals surface area contributed by atoms with Crippen LogP contribution >= 0.6 is 0 Å². The predicted octanol–water partition coefficient (Wildman–Crippen LogP) is 4.95. The summed E-state index contributed by atoms with van der Waals surface area (Å²) < 4.78 is 0. The van der Waals surface area contributed by atoms with Gasteiger partial charge in [0.25, 0.3) is 0 Å². The average Bonchev–Trinajstić information content (AvgIpc) is 3.63. The fourth-order valence-electron chi connectivity index (χ4n) is 3.58. The van der Waals surface area contributed by atoms with Crippen molar-refractivity contribution in [1.82, 2.24) is 0 Å². The summed E-state index contributed by atoms with van der Waals surface area (Å²) in [5, 5.41) is 0. The molecule has 2 radical (unpaired) electrons. The van der Waals surface area contributed by atoms with Crippen molar-refractivity contribution in [3.05, 3.63) is 93.2 Å². The summed E-state index contributed by atoms with van der Waals surface area (Å²) >= 11 is 0. The van der Waals surface area contributed by atoms with Gasteiger partial charge in [0.2, 0.25) is 0 Å². The molecule has 4 aliphatic carbocycles. The van der Waals surface area contributed by atoms with E-state index >= 15 is 0 Å². The van der Waals surface area contributed by atoms with Crippen molar-refractivity contribution in [2.24, 2.45) is 0 Å². The van der Waals surface area contributed by atoms with Gasteiger partial charge in [0.15, 0.2) is 0 Å². The Morgan fingerprint density at radius 3 is 0.619 bits per heavy atom. The first-order valence-electron chi connectivity index (χ1n) is 14.6. The van der Waals surface area contributed by atoms with E-state index in [0.717, 1.165) is 44.7 Å². The molecule has 4 rings (SSSR count). The Morgan fingerprint density at radius 1 is 0.429 bits per heavy atom. The molecule has 0 bridgehead atoms. The van der Waals surface area contributed by atoms with Crippen LogP contribution in [0.2, 0.25) is 24.2 Å². The van der Waals surface area contributed by atoms with Crippen LogP contribution in [0, 0.1) is 24.3 Å². The second kappa shape index (κ2) is 37.9. The Hall–Kier alpha value is 0.674.